The van der Waals surface area contributed by atoms with E-state index in [1.807, 2.05) is 0 Å². The molecule has 42 heteroatoms. The third-order valence-corrected chi connectivity index (χ3v) is 19.4. The van der Waals surface area contributed by atoms with Crippen LogP contribution in [0.15, 0.2) is 34.1 Å². The summed E-state index contributed by atoms with van der Waals surface area (Å²) in [7, 11) is 0. The van der Waals surface area contributed by atoms with Gasteiger partial charge in [0.25, 0.3) is 0 Å². The van der Waals surface area contributed by atoms with Crippen LogP contribution in [0.2, 0.25) is 0 Å². The van der Waals surface area contributed by atoms with E-state index >= 15 is 79.0 Å². The van der Waals surface area contributed by atoms with Crippen molar-refractivity contribution in [2.24, 2.45) is 0 Å². The molecule has 4 aliphatic heterocycles. The minimum Gasteiger partial charge on any atom is -0.463 e. The van der Waals surface area contributed by atoms with Gasteiger partial charge in [-0.1, -0.05) is 23.5 Å². The van der Waals surface area contributed by atoms with E-state index in [4.69, 9.17) is 47.4 Å². The molecule has 7 heterocycles. The maximum absolute atomic E-state index is 17.8. The average molecular weight is 1660 g/mol. The highest BCUT2D eigenvalue weighted by Gasteiger charge is 2.55. The first-order valence-corrected chi connectivity index (χ1v) is 34.3. The predicted octanol–water partition coefficient (Wildman–Crippen LogP) is 14.2. The second-order valence-corrected chi connectivity index (χ2v) is 26.9. The van der Waals surface area contributed by atoms with Crippen molar-refractivity contribution in [2.45, 2.75) is 125 Å². The third-order valence-electron chi connectivity index (χ3n) is 17.0. The lowest BCUT2D eigenvalue weighted by Crippen LogP contribution is -2.61. The molecule has 0 unspecified atom stereocenters. The molecule has 0 aliphatic carbocycles. The van der Waals surface area contributed by atoms with Gasteiger partial charge in [-0.25, -0.2) is 89.0 Å². The first kappa shape index (κ1) is 83.5. The van der Waals surface area contributed by atoms with Crippen molar-refractivity contribution < 1.29 is 165 Å². The van der Waals surface area contributed by atoms with Crippen molar-refractivity contribution in [1.29, 1.82) is 0 Å². The van der Waals surface area contributed by atoms with E-state index in [1.54, 1.807) is 0 Å². The molecular formula is C72H48F18N4O18S2. The molecule has 2 fully saturated rings. The molecule has 0 spiro atoms. The highest BCUT2D eigenvalue weighted by Crippen LogP contribution is 2.49. The number of nitrogens with one attached hydrogen (secondary N) is 2. The number of carbonyl (C=O) groups excluding carboxylic acids is 8. The number of nitrogens with zero attached hydrogens (tertiary/aromatic N) is 2. The standard InChI is InChI=1S/C72H48F18N4O18S2/c1-19(95)103-17-35-63(105-21(3)97)65(107-23(5)99)67(109-25(7)101)71(111-35)113-69-59(87)49(77)43(50(78)60(69)88)39-31-13-9-27(91-31)37(41-45(73)53(81)57(85)54(82)46(41)74)29-11-15-33(93-29)40(34-16-12-30(94-34)38(28-10-14-32(39)92-28)42-47(75)55(83)58(86)56(84)48(42)76)44-51(79)61(89)70(62(90)52(44)80)114-72-68(110-26(8)102)66(108-24(6)100)64(106-22(4)98)36(112-72)18-104-20(2)96/h9-16,35-36,63-68,71-72,91,94H,17-18H2,1-8H3/t35-,36-,63-,64-,65+,66+,67-,68-,71+,72+/m1/s1. The van der Waals surface area contributed by atoms with Gasteiger partial charge >= 0.3 is 47.8 Å². The fourth-order valence-electron chi connectivity index (χ4n) is 12.6. The quantitative estimate of drug-likeness (QED) is 0.0265. The summed E-state index contributed by atoms with van der Waals surface area (Å²) in [5.74, 6) is -56.7. The predicted molar refractivity (Wildman–Crippen MR) is 355 cm³/mol. The molecule has 11 rings (SSSR count). The van der Waals surface area contributed by atoms with Crippen molar-refractivity contribution in [1.82, 2.24) is 19.9 Å². The van der Waals surface area contributed by atoms with Crippen LogP contribution in [0.1, 0.15) is 78.2 Å². The molecule has 602 valence electrons. The maximum Gasteiger partial charge on any atom is 0.303 e. The zero-order valence-corrected chi connectivity index (χ0v) is 60.3. The van der Waals surface area contributed by atoms with Gasteiger partial charge in [-0.05, 0) is 48.6 Å². The van der Waals surface area contributed by atoms with Crippen LogP contribution >= 0.6 is 23.5 Å². The smallest absolute Gasteiger partial charge is 0.303 e. The van der Waals surface area contributed by atoms with Gasteiger partial charge in [0.15, 0.2) is 130 Å². The second kappa shape index (κ2) is 33.0. The molecule has 8 bridgehead atoms. The number of halogens is 18. The molecule has 0 saturated carbocycles. The van der Waals surface area contributed by atoms with E-state index in [2.05, 4.69) is 19.9 Å². The molecule has 22 nitrogen and oxygen atoms in total. The van der Waals surface area contributed by atoms with Gasteiger partial charge in [0.05, 0.1) is 54.8 Å². The summed E-state index contributed by atoms with van der Waals surface area (Å²) >= 11 is -0.732. The average Bonchev–Trinajstić information content (AvgIpc) is 1.50. The molecule has 3 aromatic heterocycles. The van der Waals surface area contributed by atoms with Crippen LogP contribution in [-0.2, 0) is 85.7 Å². The van der Waals surface area contributed by atoms with E-state index in [-0.39, 0.29) is 23.5 Å². The number of aromatic nitrogens is 4. The van der Waals surface area contributed by atoms with Gasteiger partial charge in [-0.2, -0.15) is 0 Å². The summed E-state index contributed by atoms with van der Waals surface area (Å²) in [6.07, 6.45) is -13.9. The second-order valence-electron chi connectivity index (χ2n) is 24.7. The summed E-state index contributed by atoms with van der Waals surface area (Å²) in [5, 5.41) is 0. The molecule has 0 amide bonds. The summed E-state index contributed by atoms with van der Waals surface area (Å²) < 4.78 is 354. The monoisotopic (exact) mass is 1660 g/mol. The Balaban J connectivity index is 1.22. The molecule has 2 saturated heterocycles. The number of hydrogen-bond donors (Lipinski definition) is 2. The van der Waals surface area contributed by atoms with Crippen LogP contribution in [-0.4, -0.2) is 141 Å². The topological polar surface area (TPSA) is 286 Å². The Labute approximate surface area is 634 Å². The number of thioether (sulfide) groups is 2. The number of rotatable bonds is 18. The van der Waals surface area contributed by atoms with Crippen LogP contribution in [0.3, 0.4) is 0 Å². The zero-order valence-electron chi connectivity index (χ0n) is 58.7. The number of fused-ring (bicyclic) bond motifs is 8. The Morgan fingerprint density at radius 2 is 0.509 bits per heavy atom. The van der Waals surface area contributed by atoms with Crippen LogP contribution < -0.4 is 0 Å². The van der Waals surface area contributed by atoms with Gasteiger partial charge < -0.3 is 57.3 Å². The lowest BCUT2D eigenvalue weighted by atomic mass is 9.99. The summed E-state index contributed by atoms with van der Waals surface area (Å²) in [6, 6.07) is 2.33. The van der Waals surface area contributed by atoms with Crippen molar-refractivity contribution in [3.05, 3.63) is 152 Å². The Morgan fingerprint density at radius 3 is 0.737 bits per heavy atom. The molecule has 4 aliphatic rings. The highest BCUT2D eigenvalue weighted by atomic mass is 32.2. The van der Waals surface area contributed by atoms with Crippen molar-refractivity contribution in [3.63, 3.8) is 0 Å². The molecule has 4 aromatic carbocycles. The molecule has 114 heavy (non-hydrogen) atoms. The Bertz CT molecular complexity index is 5080. The lowest BCUT2D eigenvalue weighted by Gasteiger charge is -2.44. The minimum atomic E-state index is -2.81. The summed E-state index contributed by atoms with van der Waals surface area (Å²) in [6.45, 7) is 4.56. The van der Waals surface area contributed by atoms with Crippen LogP contribution in [0, 0.1) is 105 Å². The molecule has 0 radical (unpaired) electrons. The van der Waals surface area contributed by atoms with Crippen molar-refractivity contribution in [2.75, 3.05) is 13.2 Å². The van der Waals surface area contributed by atoms with E-state index in [1.165, 1.54) is 0 Å². The number of benzene rings is 4. The molecule has 2 N–H and O–H groups in total. The fourth-order valence-corrected chi connectivity index (χ4v) is 14.9. The highest BCUT2D eigenvalue weighted by molar-refractivity contribution is 8.00. The van der Waals surface area contributed by atoms with Crippen LogP contribution in [0.25, 0.3) is 90.9 Å². The Morgan fingerprint density at radius 1 is 0.298 bits per heavy atom. The summed E-state index contributed by atoms with van der Waals surface area (Å²) in [5.41, 5.74) is -26.8. The van der Waals surface area contributed by atoms with E-state index in [0.717, 1.165) is 55.4 Å². The number of hydrogen-bond acceptors (Lipinski definition) is 22. The van der Waals surface area contributed by atoms with Crippen LogP contribution in [0.4, 0.5) is 79.0 Å². The first-order chi connectivity index (χ1) is 53.6. The summed E-state index contributed by atoms with van der Waals surface area (Å²) in [4.78, 5) is 109. The number of H-pyrrole nitrogens is 2. The van der Waals surface area contributed by atoms with Gasteiger partial charge in [0, 0.05) is 99.7 Å². The lowest BCUT2D eigenvalue weighted by molar-refractivity contribution is -0.237. The van der Waals surface area contributed by atoms with E-state index in [9.17, 15) is 38.4 Å². The molecular weight excluding hydrogens is 1610 g/mol. The molecule has 10 atom stereocenters. The first-order valence-electron chi connectivity index (χ1n) is 32.5. The third kappa shape index (κ3) is 15.9. The van der Waals surface area contributed by atoms with Gasteiger partial charge in [-0.15, -0.1) is 0 Å². The number of esters is 8. The van der Waals surface area contributed by atoms with Crippen molar-refractivity contribution >= 4 is 118 Å². The largest absolute Gasteiger partial charge is 0.463 e. The Kier molecular flexibility index (Phi) is 24.2. The van der Waals surface area contributed by atoms with Crippen molar-refractivity contribution in [3.8, 4) is 44.5 Å². The normalized spacial score (nSPS) is 19.8. The number of carbonyl (C=O) groups is 8. The Hall–Kier alpha value is -11.4. The molecule has 7 aromatic rings. The van der Waals surface area contributed by atoms with E-state index < -0.39 is 325 Å². The number of ether oxygens (including phenoxy) is 10. The van der Waals surface area contributed by atoms with E-state index in [0.29, 0.717) is 48.6 Å². The van der Waals surface area contributed by atoms with Gasteiger partial charge in [-0.3, -0.25) is 38.4 Å². The van der Waals surface area contributed by atoms with Gasteiger partial charge in [0.2, 0.25) is 11.6 Å². The van der Waals surface area contributed by atoms with Gasteiger partial charge in [0.1, 0.15) is 36.3 Å². The maximum atomic E-state index is 17.8. The SMILES string of the molecule is CC(=O)OC[C@H]1O[C@@H](Sc2c(F)c(F)c(-c3c4nc(c(-c5c(F)c(F)c(F)c(F)c5F)c5ccc([nH]5)c(-c5c(F)c(F)c(S[C@@H]6O[C@H](COC(C)=O)[C@@H](OC(C)=O)[C@H](OC(C)=O)[C@H]6OC(C)=O)c(F)c5F)c5nc(c(-c6c(F)c(F)c(F)c(F)c6F)c6ccc3[nH]6)C=C5)C=C4)c(F)c2F)[C@H](OC(C)=O)[C@@H](OC(C)=O)[C@@H]1OC(C)=O. The number of aromatic amines is 2. The zero-order chi connectivity index (χ0) is 83.6. The minimum absolute atomic E-state index is 0.366. The fraction of sp³-hybridized carbons (Fsp3) is 0.278. The van der Waals surface area contributed by atoms with Crippen LogP contribution in [0.5, 0.6) is 0 Å².